The number of amides is 2. The first-order valence-corrected chi connectivity index (χ1v) is 12.0. The van der Waals surface area contributed by atoms with Crippen molar-refractivity contribution in [2.75, 3.05) is 19.7 Å². The molecule has 2 amide bonds. The molecule has 2 N–H and O–H groups in total. The second-order valence-electron chi connectivity index (χ2n) is 9.91. The monoisotopic (exact) mass is 462 g/mol. The number of hydrogen-bond acceptors (Lipinski definition) is 4. The molecule has 178 valence electrons. The fourth-order valence-electron chi connectivity index (χ4n) is 5.73. The first-order valence-electron chi connectivity index (χ1n) is 12.0. The van der Waals surface area contributed by atoms with Crippen LogP contribution in [0, 0.1) is 11.3 Å². The Bertz CT molecular complexity index is 1080. The van der Waals surface area contributed by atoms with Gasteiger partial charge in [-0.2, -0.15) is 0 Å². The van der Waals surface area contributed by atoms with Crippen LogP contribution in [0.25, 0.3) is 11.1 Å². The minimum Gasteiger partial charge on any atom is -0.481 e. The Kier molecular flexibility index (Phi) is 5.80. The van der Waals surface area contributed by atoms with Crippen LogP contribution in [0.4, 0.5) is 4.79 Å². The number of nitrogens with one attached hydrogen (secondary N) is 1. The molecule has 1 saturated carbocycles. The molecule has 5 rings (SSSR count). The molecule has 7 nitrogen and oxygen atoms in total. The van der Waals surface area contributed by atoms with Crippen molar-refractivity contribution in [1.29, 1.82) is 0 Å². The van der Waals surface area contributed by atoms with E-state index in [1.54, 1.807) is 11.8 Å². The van der Waals surface area contributed by atoms with E-state index in [9.17, 15) is 19.5 Å². The number of benzene rings is 2. The highest BCUT2D eigenvalue weighted by atomic mass is 16.5. The lowest BCUT2D eigenvalue weighted by Crippen LogP contribution is -2.43. The standard InChI is InChI=1S/C27H30N2O5/c1-17(14-24(30)29-12-10-27(11-13-29)15-23(27)25(31)32)28-26(33)34-16-22-20-8-4-2-6-18(20)19-7-3-5-9-21(19)22/h2-9,17,22-23H,10-16H2,1H3,(H,28,33)(H,31,32)/t17-,23?/m1/s1. The molecule has 0 aromatic heterocycles. The van der Waals surface area contributed by atoms with Gasteiger partial charge in [0.25, 0.3) is 0 Å². The number of fused-ring (bicyclic) bond motifs is 3. The average molecular weight is 463 g/mol. The van der Waals surface area contributed by atoms with Gasteiger partial charge in [0.15, 0.2) is 0 Å². The average Bonchev–Trinajstić information content (AvgIpc) is 3.43. The predicted octanol–water partition coefficient (Wildman–Crippen LogP) is 4.02. The predicted molar refractivity (Wildman–Crippen MR) is 126 cm³/mol. The molecular formula is C27H30N2O5. The molecule has 3 aliphatic rings. The maximum atomic E-state index is 12.7. The zero-order valence-electron chi connectivity index (χ0n) is 19.3. The van der Waals surface area contributed by atoms with Crippen LogP contribution in [0.3, 0.4) is 0 Å². The number of carboxylic acids is 1. The summed E-state index contributed by atoms with van der Waals surface area (Å²) in [6.07, 6.45) is 1.87. The van der Waals surface area contributed by atoms with Crippen molar-refractivity contribution in [2.24, 2.45) is 11.3 Å². The molecule has 2 aromatic rings. The highest BCUT2D eigenvalue weighted by molar-refractivity contribution is 5.80. The Hall–Kier alpha value is -3.35. The van der Waals surface area contributed by atoms with Crippen LogP contribution in [0.5, 0.6) is 0 Å². The molecule has 1 unspecified atom stereocenters. The van der Waals surface area contributed by atoms with Crippen LogP contribution in [-0.2, 0) is 14.3 Å². The Morgan fingerprint density at radius 3 is 2.21 bits per heavy atom. The van der Waals surface area contributed by atoms with Crippen molar-refractivity contribution in [3.63, 3.8) is 0 Å². The van der Waals surface area contributed by atoms with Crippen molar-refractivity contribution in [1.82, 2.24) is 10.2 Å². The van der Waals surface area contributed by atoms with Gasteiger partial charge in [-0.3, -0.25) is 9.59 Å². The summed E-state index contributed by atoms with van der Waals surface area (Å²) in [4.78, 5) is 38.2. The molecule has 2 fully saturated rings. The van der Waals surface area contributed by atoms with Gasteiger partial charge in [0.05, 0.1) is 5.92 Å². The fraction of sp³-hybridized carbons (Fsp3) is 0.444. The van der Waals surface area contributed by atoms with Gasteiger partial charge in [0, 0.05) is 31.5 Å². The van der Waals surface area contributed by atoms with Crippen molar-refractivity contribution in [3.8, 4) is 11.1 Å². The smallest absolute Gasteiger partial charge is 0.407 e. The zero-order chi connectivity index (χ0) is 23.9. The molecular weight excluding hydrogens is 432 g/mol. The molecule has 0 radical (unpaired) electrons. The van der Waals surface area contributed by atoms with Gasteiger partial charge in [-0.15, -0.1) is 0 Å². The number of carbonyl (C=O) groups is 3. The minimum absolute atomic E-state index is 0.00666. The molecule has 0 bridgehead atoms. The van der Waals surface area contributed by atoms with Crippen LogP contribution >= 0.6 is 0 Å². The lowest BCUT2D eigenvalue weighted by atomic mass is 9.90. The van der Waals surface area contributed by atoms with Crippen molar-refractivity contribution in [2.45, 2.75) is 44.6 Å². The summed E-state index contributed by atoms with van der Waals surface area (Å²) < 4.78 is 5.58. The van der Waals surface area contributed by atoms with Gasteiger partial charge in [-0.05, 0) is 53.9 Å². The van der Waals surface area contributed by atoms with E-state index in [4.69, 9.17) is 4.74 Å². The van der Waals surface area contributed by atoms with E-state index in [0.717, 1.165) is 30.4 Å². The highest BCUT2D eigenvalue weighted by Crippen LogP contribution is 2.59. The number of nitrogens with zero attached hydrogens (tertiary/aromatic N) is 1. The highest BCUT2D eigenvalue weighted by Gasteiger charge is 2.59. The number of piperidine rings is 1. The summed E-state index contributed by atoms with van der Waals surface area (Å²) in [6.45, 7) is 3.20. The summed E-state index contributed by atoms with van der Waals surface area (Å²) in [5, 5.41) is 12.0. The van der Waals surface area contributed by atoms with Crippen LogP contribution in [0.1, 0.15) is 49.7 Å². The maximum absolute atomic E-state index is 12.7. The number of likely N-dealkylation sites (tertiary alicyclic amines) is 1. The molecule has 1 heterocycles. The molecule has 34 heavy (non-hydrogen) atoms. The van der Waals surface area contributed by atoms with Gasteiger partial charge in [0.1, 0.15) is 6.61 Å². The Balaban J connectivity index is 1.10. The number of ether oxygens (including phenoxy) is 1. The van der Waals surface area contributed by atoms with Gasteiger partial charge >= 0.3 is 12.1 Å². The van der Waals surface area contributed by atoms with Crippen molar-refractivity contribution in [3.05, 3.63) is 59.7 Å². The fourth-order valence-corrected chi connectivity index (χ4v) is 5.73. The second kappa shape index (κ2) is 8.78. The van der Waals surface area contributed by atoms with Crippen LogP contribution in [0.2, 0.25) is 0 Å². The Morgan fingerprint density at radius 1 is 1.06 bits per heavy atom. The summed E-state index contributed by atoms with van der Waals surface area (Å²) in [6, 6.07) is 16.0. The third kappa shape index (κ3) is 4.15. The maximum Gasteiger partial charge on any atom is 0.407 e. The van der Waals surface area contributed by atoms with Crippen molar-refractivity contribution >= 4 is 18.0 Å². The van der Waals surface area contributed by atoms with E-state index in [-0.39, 0.29) is 42.2 Å². The SMILES string of the molecule is C[C@H](CC(=O)N1CCC2(CC1)CC2C(=O)O)NC(=O)OCC1c2ccccc2-c2ccccc21. The quantitative estimate of drug-likeness (QED) is 0.676. The number of alkyl carbamates (subject to hydrolysis) is 1. The molecule has 1 saturated heterocycles. The Morgan fingerprint density at radius 2 is 1.65 bits per heavy atom. The van der Waals surface area contributed by atoms with Crippen molar-refractivity contribution < 1.29 is 24.2 Å². The first-order chi connectivity index (χ1) is 16.4. The van der Waals surface area contributed by atoms with Crippen LogP contribution in [-0.4, -0.2) is 53.7 Å². The van der Waals surface area contributed by atoms with E-state index in [2.05, 4.69) is 29.6 Å². The Labute approximate surface area is 199 Å². The van der Waals surface area contributed by atoms with E-state index in [1.165, 1.54) is 11.1 Å². The summed E-state index contributed by atoms with van der Waals surface area (Å²) in [5.41, 5.74) is 4.56. The van der Waals surface area contributed by atoms with E-state index < -0.39 is 12.1 Å². The van der Waals surface area contributed by atoms with Gasteiger partial charge < -0.3 is 20.1 Å². The normalized spacial score (nSPS) is 20.9. The summed E-state index contributed by atoms with van der Waals surface area (Å²) in [7, 11) is 0. The molecule has 1 spiro atoms. The molecule has 2 atom stereocenters. The van der Waals surface area contributed by atoms with Gasteiger partial charge in [-0.25, -0.2) is 4.79 Å². The summed E-state index contributed by atoms with van der Waals surface area (Å²) in [5.74, 6) is -0.999. The molecule has 2 aliphatic carbocycles. The molecule has 7 heteroatoms. The number of carbonyl (C=O) groups excluding carboxylic acids is 2. The molecule has 2 aromatic carbocycles. The lowest BCUT2D eigenvalue weighted by molar-refractivity contribution is -0.139. The number of rotatable bonds is 6. The first kappa shape index (κ1) is 22.4. The van der Waals surface area contributed by atoms with Gasteiger partial charge in [-0.1, -0.05) is 48.5 Å². The van der Waals surface area contributed by atoms with Gasteiger partial charge in [0.2, 0.25) is 5.91 Å². The van der Waals surface area contributed by atoms with E-state index in [1.807, 2.05) is 24.3 Å². The second-order valence-corrected chi connectivity index (χ2v) is 9.91. The largest absolute Gasteiger partial charge is 0.481 e. The summed E-state index contributed by atoms with van der Waals surface area (Å²) >= 11 is 0. The zero-order valence-corrected chi connectivity index (χ0v) is 19.3. The number of carboxylic acid groups (broad SMARTS) is 1. The van der Waals surface area contributed by atoms with E-state index in [0.29, 0.717) is 13.1 Å². The third-order valence-corrected chi connectivity index (χ3v) is 7.79. The lowest BCUT2D eigenvalue weighted by Gasteiger charge is -2.33. The third-order valence-electron chi connectivity index (χ3n) is 7.79. The van der Waals surface area contributed by atoms with Crippen LogP contribution in [0.15, 0.2) is 48.5 Å². The minimum atomic E-state index is -0.722. The van der Waals surface area contributed by atoms with E-state index >= 15 is 0 Å². The molecule has 1 aliphatic heterocycles. The number of hydrogen-bond donors (Lipinski definition) is 2. The topological polar surface area (TPSA) is 95.9 Å². The van der Waals surface area contributed by atoms with Crippen LogP contribution < -0.4 is 5.32 Å². The number of aliphatic carboxylic acids is 1.